The zero-order valence-electron chi connectivity index (χ0n) is 19.2. The van der Waals surface area contributed by atoms with Crippen molar-refractivity contribution in [1.82, 2.24) is 9.88 Å². The van der Waals surface area contributed by atoms with Crippen LogP contribution >= 0.6 is 0 Å². The van der Waals surface area contributed by atoms with Crippen LogP contribution in [0.3, 0.4) is 0 Å². The number of fused-ring (bicyclic) bond motifs is 2. The highest BCUT2D eigenvalue weighted by molar-refractivity contribution is 6.01. The number of amides is 2. The lowest BCUT2D eigenvalue weighted by atomic mass is 9.95. The molecule has 1 fully saturated rings. The highest BCUT2D eigenvalue weighted by Gasteiger charge is 2.25. The third-order valence-electron chi connectivity index (χ3n) is 6.51. The molecule has 2 aromatic carbocycles. The van der Waals surface area contributed by atoms with Gasteiger partial charge in [0.05, 0.1) is 24.0 Å². The van der Waals surface area contributed by atoms with Crippen molar-refractivity contribution in [3.63, 3.8) is 0 Å². The largest absolute Gasteiger partial charge is 0.482 e. The fourth-order valence-corrected chi connectivity index (χ4v) is 4.57. The Hall–Kier alpha value is -3.65. The molecule has 0 bridgehead atoms. The first-order valence-electron chi connectivity index (χ1n) is 11.6. The molecule has 0 aliphatic carbocycles. The molecule has 0 unspecified atom stereocenters. The van der Waals surface area contributed by atoms with E-state index >= 15 is 0 Å². The molecule has 1 aromatic heterocycles. The van der Waals surface area contributed by atoms with Crippen LogP contribution in [0.4, 0.5) is 11.4 Å². The lowest BCUT2D eigenvalue weighted by Crippen LogP contribution is -2.39. The quantitative estimate of drug-likeness (QED) is 0.585. The number of benzene rings is 2. The second kappa shape index (κ2) is 9.69. The zero-order valence-corrected chi connectivity index (χ0v) is 19.2. The smallest absolute Gasteiger partial charge is 0.262 e. The van der Waals surface area contributed by atoms with Crippen molar-refractivity contribution in [2.45, 2.75) is 19.3 Å². The van der Waals surface area contributed by atoms with Crippen LogP contribution in [0.2, 0.25) is 0 Å². The summed E-state index contributed by atoms with van der Waals surface area (Å²) >= 11 is 0. The summed E-state index contributed by atoms with van der Waals surface area (Å²) in [5.74, 6) is 1.14. The van der Waals surface area contributed by atoms with Crippen LogP contribution in [0.5, 0.6) is 11.6 Å². The molecule has 2 aliphatic rings. The topological polar surface area (TPSA) is 92.8 Å². The summed E-state index contributed by atoms with van der Waals surface area (Å²) in [4.78, 5) is 31.4. The molecule has 1 saturated heterocycles. The number of hydrogen-bond acceptors (Lipinski definition) is 6. The number of para-hydroxylation sites is 1. The van der Waals surface area contributed by atoms with E-state index in [4.69, 9.17) is 9.47 Å². The minimum absolute atomic E-state index is 0.0202. The number of nitrogens with one attached hydrogen (secondary N) is 2. The molecule has 2 amide bonds. The van der Waals surface area contributed by atoms with Gasteiger partial charge in [-0.2, -0.15) is 0 Å². The third kappa shape index (κ3) is 4.82. The summed E-state index contributed by atoms with van der Waals surface area (Å²) in [6.45, 7) is 2.74. The summed E-state index contributed by atoms with van der Waals surface area (Å²) in [7, 11) is 1.58. The molecule has 0 radical (unpaired) electrons. The van der Waals surface area contributed by atoms with E-state index in [9.17, 15) is 9.59 Å². The van der Waals surface area contributed by atoms with Crippen LogP contribution in [-0.2, 0) is 16.0 Å². The summed E-state index contributed by atoms with van der Waals surface area (Å²) in [6.07, 6.45) is 2.52. The van der Waals surface area contributed by atoms with Crippen LogP contribution in [-0.4, -0.2) is 55.0 Å². The number of aromatic nitrogens is 1. The lowest BCUT2D eigenvalue weighted by molar-refractivity contribution is -0.121. The standard InChI is InChI=1S/C26H28N4O4/c1-33-24-8-6-18-3-2-4-20(25(18)29-24)28-26(32)19-10-13-30(14-11-19)12-9-17-5-7-22-21(15-17)27-23(31)16-34-22/h2-8,15,19H,9-14,16H2,1H3,(H,27,31)(H,28,32). The van der Waals surface area contributed by atoms with Gasteiger partial charge in [-0.1, -0.05) is 18.2 Å². The van der Waals surface area contributed by atoms with Crippen molar-refractivity contribution in [2.75, 3.05) is 44.0 Å². The van der Waals surface area contributed by atoms with E-state index in [-0.39, 0.29) is 24.3 Å². The van der Waals surface area contributed by atoms with Crippen molar-refractivity contribution in [2.24, 2.45) is 5.92 Å². The minimum atomic E-state index is -0.122. The molecule has 0 saturated carbocycles. The number of methoxy groups -OCH3 is 1. The maximum Gasteiger partial charge on any atom is 0.262 e. The van der Waals surface area contributed by atoms with Gasteiger partial charge in [0.25, 0.3) is 5.91 Å². The number of likely N-dealkylation sites (tertiary alicyclic amines) is 1. The Kier molecular flexibility index (Phi) is 6.31. The number of carbonyl (C=O) groups is 2. The summed E-state index contributed by atoms with van der Waals surface area (Å²) < 4.78 is 10.7. The minimum Gasteiger partial charge on any atom is -0.482 e. The van der Waals surface area contributed by atoms with Crippen LogP contribution in [0.15, 0.2) is 48.5 Å². The monoisotopic (exact) mass is 460 g/mol. The average Bonchev–Trinajstić information content (AvgIpc) is 2.87. The van der Waals surface area contributed by atoms with Crippen molar-refractivity contribution in [1.29, 1.82) is 0 Å². The molecule has 34 heavy (non-hydrogen) atoms. The van der Waals surface area contributed by atoms with Crippen molar-refractivity contribution < 1.29 is 19.1 Å². The molecule has 0 spiro atoms. The summed E-state index contributed by atoms with van der Waals surface area (Å²) in [6, 6.07) is 15.5. The van der Waals surface area contributed by atoms with E-state index in [1.54, 1.807) is 7.11 Å². The van der Waals surface area contributed by atoms with Crippen LogP contribution in [0.25, 0.3) is 10.9 Å². The Bertz CT molecular complexity index is 1220. The maximum atomic E-state index is 13.0. The second-order valence-corrected chi connectivity index (χ2v) is 8.75. The van der Waals surface area contributed by atoms with Gasteiger partial charge in [0.1, 0.15) is 5.75 Å². The number of hydrogen-bond donors (Lipinski definition) is 2. The SMILES string of the molecule is COc1ccc2cccc(NC(=O)C3CCN(CCc4ccc5c(c4)NC(=O)CO5)CC3)c2n1. The number of pyridine rings is 1. The first-order valence-corrected chi connectivity index (χ1v) is 11.6. The first kappa shape index (κ1) is 22.2. The number of ether oxygens (including phenoxy) is 2. The summed E-state index contributed by atoms with van der Waals surface area (Å²) in [5, 5.41) is 6.91. The van der Waals surface area contributed by atoms with E-state index in [0.717, 1.165) is 66.8 Å². The van der Waals surface area contributed by atoms with E-state index in [0.29, 0.717) is 11.6 Å². The van der Waals surface area contributed by atoms with Crippen molar-refractivity contribution in [3.05, 3.63) is 54.1 Å². The molecular weight excluding hydrogens is 432 g/mol. The third-order valence-corrected chi connectivity index (χ3v) is 6.51. The van der Waals surface area contributed by atoms with Crippen molar-refractivity contribution >= 4 is 34.1 Å². The van der Waals surface area contributed by atoms with E-state index < -0.39 is 0 Å². The Labute approximate surface area is 198 Å². The van der Waals surface area contributed by atoms with E-state index in [2.05, 4.69) is 20.5 Å². The Morgan fingerprint density at radius 2 is 2.06 bits per heavy atom. The fraction of sp³-hybridized carbons (Fsp3) is 0.346. The van der Waals surface area contributed by atoms with Gasteiger partial charge in [0.15, 0.2) is 6.61 Å². The van der Waals surface area contributed by atoms with Gasteiger partial charge in [0.2, 0.25) is 11.8 Å². The van der Waals surface area contributed by atoms with Gasteiger partial charge >= 0.3 is 0 Å². The molecule has 5 rings (SSSR count). The molecule has 2 aliphatic heterocycles. The zero-order chi connectivity index (χ0) is 23.5. The predicted molar refractivity (Wildman–Crippen MR) is 130 cm³/mol. The lowest BCUT2D eigenvalue weighted by Gasteiger charge is -2.31. The number of piperidine rings is 1. The average molecular weight is 461 g/mol. The van der Waals surface area contributed by atoms with Crippen LogP contribution in [0, 0.1) is 5.92 Å². The first-order chi connectivity index (χ1) is 16.6. The molecule has 8 heteroatoms. The maximum absolute atomic E-state index is 13.0. The van der Waals surface area contributed by atoms with Gasteiger partial charge in [-0.3, -0.25) is 9.59 Å². The van der Waals surface area contributed by atoms with Gasteiger partial charge in [0, 0.05) is 23.9 Å². The molecule has 2 N–H and O–H groups in total. The van der Waals surface area contributed by atoms with Crippen molar-refractivity contribution in [3.8, 4) is 11.6 Å². The Balaban J connectivity index is 1.14. The molecule has 3 heterocycles. The Morgan fingerprint density at radius 3 is 2.88 bits per heavy atom. The van der Waals surface area contributed by atoms with E-state index in [1.807, 2.05) is 48.5 Å². The second-order valence-electron chi connectivity index (χ2n) is 8.75. The van der Waals surface area contributed by atoms with Crippen LogP contribution in [0.1, 0.15) is 18.4 Å². The Morgan fingerprint density at radius 1 is 1.21 bits per heavy atom. The molecule has 0 atom stereocenters. The highest BCUT2D eigenvalue weighted by Crippen LogP contribution is 2.29. The highest BCUT2D eigenvalue weighted by atomic mass is 16.5. The molecule has 3 aromatic rings. The number of rotatable bonds is 6. The number of anilines is 2. The van der Waals surface area contributed by atoms with Gasteiger partial charge < -0.3 is 25.0 Å². The predicted octanol–water partition coefficient (Wildman–Crippen LogP) is 3.47. The summed E-state index contributed by atoms with van der Waals surface area (Å²) in [5.41, 5.74) is 3.35. The number of nitrogens with zero attached hydrogens (tertiary/aromatic N) is 2. The van der Waals surface area contributed by atoms with Gasteiger partial charge in [-0.25, -0.2) is 4.98 Å². The molecule has 176 valence electrons. The van der Waals surface area contributed by atoms with Gasteiger partial charge in [-0.15, -0.1) is 0 Å². The van der Waals surface area contributed by atoms with Gasteiger partial charge in [-0.05, 0) is 62.2 Å². The van der Waals surface area contributed by atoms with E-state index in [1.165, 1.54) is 0 Å². The molecular formula is C26H28N4O4. The van der Waals surface area contributed by atoms with Crippen LogP contribution < -0.4 is 20.1 Å². The molecule has 8 nitrogen and oxygen atoms in total. The normalized spacial score (nSPS) is 16.4. The number of carbonyl (C=O) groups excluding carboxylic acids is 2. The fourth-order valence-electron chi connectivity index (χ4n) is 4.57.